The average Bonchev–Trinajstić information content (AvgIpc) is 3.07. The molecule has 2 aliphatic rings. The van der Waals surface area contributed by atoms with E-state index < -0.39 is 28.8 Å². The van der Waals surface area contributed by atoms with E-state index in [0.29, 0.717) is 9.80 Å². The number of nitrogens with zero attached hydrogens (tertiary/aromatic N) is 1. The highest BCUT2D eigenvalue weighted by atomic mass is 32.2. The van der Waals surface area contributed by atoms with Crippen LogP contribution < -0.4 is 0 Å². The maximum absolute atomic E-state index is 13.2. The van der Waals surface area contributed by atoms with Crippen LogP contribution in [0.5, 0.6) is 0 Å². The van der Waals surface area contributed by atoms with Crippen molar-refractivity contribution in [2.24, 2.45) is 5.92 Å². The normalized spacial score (nSPS) is 22.7. The van der Waals surface area contributed by atoms with Gasteiger partial charge in [-0.05, 0) is 24.6 Å². The summed E-state index contributed by atoms with van der Waals surface area (Å²) in [5, 5.41) is 9.95. The summed E-state index contributed by atoms with van der Waals surface area (Å²) in [6.45, 7) is 1.61. The molecule has 0 saturated carbocycles. The fraction of sp³-hybridized carbons (Fsp3) is 0.273. The Balaban J connectivity index is 1.64. The van der Waals surface area contributed by atoms with E-state index in [1.807, 2.05) is 36.4 Å². The van der Waals surface area contributed by atoms with Crippen LogP contribution in [0.3, 0.4) is 0 Å². The molecular formula is C22H21NO5S. The second kappa shape index (κ2) is 7.93. The van der Waals surface area contributed by atoms with E-state index in [-0.39, 0.29) is 30.7 Å². The number of benzene rings is 2. The Kier molecular flexibility index (Phi) is 5.34. The van der Waals surface area contributed by atoms with Crippen LogP contribution in [-0.2, 0) is 31.7 Å². The van der Waals surface area contributed by atoms with Gasteiger partial charge in [0.2, 0.25) is 5.91 Å². The molecular weight excluding hydrogens is 390 g/mol. The zero-order valence-corrected chi connectivity index (χ0v) is 16.7. The van der Waals surface area contributed by atoms with Crippen molar-refractivity contribution in [3.05, 3.63) is 76.8 Å². The first-order valence-electron chi connectivity index (χ1n) is 9.41. The molecule has 6 nitrogen and oxygen atoms in total. The highest BCUT2D eigenvalue weighted by Gasteiger charge is 2.57. The summed E-state index contributed by atoms with van der Waals surface area (Å²) >= 11 is 0. The molecule has 1 fully saturated rings. The molecule has 150 valence electrons. The van der Waals surface area contributed by atoms with Crippen LogP contribution in [-0.4, -0.2) is 38.2 Å². The summed E-state index contributed by atoms with van der Waals surface area (Å²) in [4.78, 5) is 27.8. The number of esters is 1. The number of carbonyl (C=O) groups excluding carboxylic acids is 2. The van der Waals surface area contributed by atoms with Gasteiger partial charge in [-0.3, -0.25) is 4.79 Å². The molecule has 2 aromatic rings. The molecule has 2 heterocycles. The van der Waals surface area contributed by atoms with Crippen molar-refractivity contribution in [3.8, 4) is 0 Å². The Labute approximate surface area is 171 Å². The third kappa shape index (κ3) is 3.52. The zero-order chi connectivity index (χ0) is 20.5. The SMILES string of the molecule is CC(O)[C@@H]1C(=O)N2C(C(=O)OCc3ccccc3)=C(S(=O)c3ccccc3)C[C@H]12. The largest absolute Gasteiger partial charge is 0.456 e. The van der Waals surface area contributed by atoms with E-state index in [4.69, 9.17) is 4.74 Å². The number of fused-ring (bicyclic) bond motifs is 1. The van der Waals surface area contributed by atoms with Gasteiger partial charge in [0.15, 0.2) is 0 Å². The van der Waals surface area contributed by atoms with Crippen LogP contribution in [0.15, 0.2) is 76.2 Å². The molecule has 0 aliphatic carbocycles. The summed E-state index contributed by atoms with van der Waals surface area (Å²) in [6.07, 6.45) is -0.562. The van der Waals surface area contributed by atoms with Gasteiger partial charge in [0.25, 0.3) is 0 Å². The van der Waals surface area contributed by atoms with E-state index >= 15 is 0 Å². The number of ether oxygens (including phenoxy) is 1. The molecule has 0 spiro atoms. The maximum atomic E-state index is 13.2. The van der Waals surface area contributed by atoms with E-state index in [1.165, 1.54) is 4.90 Å². The Morgan fingerprint density at radius 2 is 1.79 bits per heavy atom. The lowest BCUT2D eigenvalue weighted by molar-refractivity contribution is -0.162. The molecule has 2 aromatic carbocycles. The second-order valence-electron chi connectivity index (χ2n) is 7.16. The number of β-lactam (4-membered cyclic amide) rings is 1. The lowest BCUT2D eigenvalue weighted by Gasteiger charge is -2.44. The van der Waals surface area contributed by atoms with Crippen molar-refractivity contribution in [2.75, 3.05) is 0 Å². The van der Waals surface area contributed by atoms with Crippen molar-refractivity contribution >= 4 is 22.7 Å². The number of aliphatic hydroxyl groups excluding tert-OH is 1. The Morgan fingerprint density at radius 3 is 2.41 bits per heavy atom. The van der Waals surface area contributed by atoms with Gasteiger partial charge < -0.3 is 14.7 Å². The van der Waals surface area contributed by atoms with Crippen LogP contribution in [0, 0.1) is 5.92 Å². The van der Waals surface area contributed by atoms with Gasteiger partial charge in [-0.15, -0.1) is 0 Å². The highest BCUT2D eigenvalue weighted by Crippen LogP contribution is 2.45. The third-order valence-corrected chi connectivity index (χ3v) is 6.78. The molecule has 1 saturated heterocycles. The van der Waals surface area contributed by atoms with Crippen molar-refractivity contribution < 1.29 is 23.6 Å². The van der Waals surface area contributed by atoms with E-state index in [2.05, 4.69) is 0 Å². The number of carbonyl (C=O) groups is 2. The molecule has 0 radical (unpaired) electrons. The topological polar surface area (TPSA) is 83.9 Å². The van der Waals surface area contributed by atoms with Gasteiger partial charge in [0.05, 0.1) is 33.8 Å². The first kappa shape index (κ1) is 19.5. The summed E-state index contributed by atoms with van der Waals surface area (Å²) < 4.78 is 18.6. The molecule has 4 rings (SSSR count). The van der Waals surface area contributed by atoms with E-state index in [1.54, 1.807) is 31.2 Å². The lowest BCUT2D eigenvalue weighted by Crippen LogP contribution is -2.61. The lowest BCUT2D eigenvalue weighted by atomic mass is 9.83. The number of hydrogen-bond donors (Lipinski definition) is 1. The summed E-state index contributed by atoms with van der Waals surface area (Å²) in [5.41, 5.74) is 0.869. The number of hydrogen-bond acceptors (Lipinski definition) is 5. The molecule has 29 heavy (non-hydrogen) atoms. The molecule has 4 atom stereocenters. The predicted molar refractivity (Wildman–Crippen MR) is 107 cm³/mol. The van der Waals surface area contributed by atoms with Crippen molar-refractivity contribution in [1.29, 1.82) is 0 Å². The minimum Gasteiger partial charge on any atom is -0.456 e. The third-order valence-electron chi connectivity index (χ3n) is 5.28. The van der Waals surface area contributed by atoms with Crippen molar-refractivity contribution in [3.63, 3.8) is 0 Å². The molecule has 2 aliphatic heterocycles. The molecule has 0 aromatic heterocycles. The highest BCUT2D eigenvalue weighted by molar-refractivity contribution is 7.89. The molecule has 1 amide bonds. The van der Waals surface area contributed by atoms with Gasteiger partial charge in [0.1, 0.15) is 12.3 Å². The van der Waals surface area contributed by atoms with Crippen LogP contribution in [0.1, 0.15) is 18.9 Å². The summed E-state index contributed by atoms with van der Waals surface area (Å²) in [7, 11) is -1.60. The fourth-order valence-electron chi connectivity index (χ4n) is 3.86. The quantitative estimate of drug-likeness (QED) is 0.583. The first-order chi connectivity index (χ1) is 14.0. The molecule has 1 N–H and O–H groups in total. The summed E-state index contributed by atoms with van der Waals surface area (Å²) in [6, 6.07) is 17.7. The van der Waals surface area contributed by atoms with Gasteiger partial charge in [-0.1, -0.05) is 48.5 Å². The minimum absolute atomic E-state index is 0.0509. The maximum Gasteiger partial charge on any atom is 0.356 e. The second-order valence-corrected chi connectivity index (χ2v) is 8.66. The van der Waals surface area contributed by atoms with Gasteiger partial charge >= 0.3 is 5.97 Å². The minimum atomic E-state index is -1.60. The van der Waals surface area contributed by atoms with Gasteiger partial charge in [-0.2, -0.15) is 0 Å². The Bertz CT molecular complexity index is 987. The Hall–Kier alpha value is -2.77. The van der Waals surface area contributed by atoms with Gasteiger partial charge in [-0.25, -0.2) is 9.00 Å². The van der Waals surface area contributed by atoms with Crippen molar-refractivity contribution in [2.45, 2.75) is 37.0 Å². The van der Waals surface area contributed by atoms with Crippen LogP contribution in [0.4, 0.5) is 0 Å². The number of rotatable bonds is 6. The molecule has 0 bridgehead atoms. The number of aliphatic hydroxyl groups is 1. The molecule has 7 heteroatoms. The zero-order valence-electron chi connectivity index (χ0n) is 15.9. The monoisotopic (exact) mass is 411 g/mol. The van der Waals surface area contributed by atoms with E-state index in [9.17, 15) is 18.9 Å². The first-order valence-corrected chi connectivity index (χ1v) is 10.6. The van der Waals surface area contributed by atoms with Crippen LogP contribution >= 0.6 is 0 Å². The Morgan fingerprint density at radius 1 is 1.17 bits per heavy atom. The smallest absolute Gasteiger partial charge is 0.356 e. The fourth-order valence-corrected chi connectivity index (χ4v) is 5.23. The number of amides is 1. The van der Waals surface area contributed by atoms with Crippen LogP contribution in [0.2, 0.25) is 0 Å². The van der Waals surface area contributed by atoms with Gasteiger partial charge in [0, 0.05) is 11.3 Å². The predicted octanol–water partition coefficient (Wildman–Crippen LogP) is 2.36. The molecule has 2 unspecified atom stereocenters. The average molecular weight is 411 g/mol. The summed E-state index contributed by atoms with van der Waals surface area (Å²) in [5.74, 6) is -1.61. The van der Waals surface area contributed by atoms with E-state index in [0.717, 1.165) is 5.56 Å². The standard InChI is InChI=1S/C22H21NO5S/c1-14(24)19-17-12-18(29(27)16-10-6-3-7-11-16)20(23(17)21(19)25)22(26)28-13-15-8-4-2-5-9-15/h2-11,14,17,19,24H,12-13H2,1H3/t14?,17-,19+,29?/m1/s1. The van der Waals surface area contributed by atoms with Crippen LogP contribution in [0.25, 0.3) is 0 Å². The van der Waals surface area contributed by atoms with Crippen molar-refractivity contribution in [1.82, 2.24) is 4.90 Å².